The van der Waals surface area contributed by atoms with Gasteiger partial charge >= 0.3 is 0 Å². The average Bonchev–Trinajstić information content (AvgIpc) is 2.98. The summed E-state index contributed by atoms with van der Waals surface area (Å²) in [7, 11) is 0. The van der Waals surface area contributed by atoms with Gasteiger partial charge in [0.15, 0.2) is 29.7 Å². The predicted octanol–water partition coefficient (Wildman–Crippen LogP) is -2.70. The van der Waals surface area contributed by atoms with Gasteiger partial charge in [0.05, 0.1) is 18.8 Å². The molecule has 2 saturated heterocycles. The molecule has 2 heterocycles. The van der Waals surface area contributed by atoms with Gasteiger partial charge < -0.3 is 75.1 Å². The molecule has 16 heteroatoms. The summed E-state index contributed by atoms with van der Waals surface area (Å²) in [4.78, 5) is 13.8. The molecule has 44 heavy (non-hydrogen) atoms. The molecule has 0 radical (unpaired) electrons. The summed E-state index contributed by atoms with van der Waals surface area (Å²) in [6, 6.07) is 5.75. The summed E-state index contributed by atoms with van der Waals surface area (Å²) >= 11 is 0. The molecular weight excluding hydrogens is 592 g/mol. The van der Waals surface area contributed by atoms with E-state index in [1.54, 1.807) is 0 Å². The molecule has 2 aromatic rings. The van der Waals surface area contributed by atoms with E-state index in [4.69, 9.17) is 18.9 Å². The van der Waals surface area contributed by atoms with E-state index in [9.17, 15) is 61.0 Å². The number of aliphatic hydroxyl groups excluding tert-OH is 7. The Kier molecular flexibility index (Phi) is 9.01. The lowest BCUT2D eigenvalue weighted by Gasteiger charge is -2.46. The van der Waals surface area contributed by atoms with Gasteiger partial charge in [-0.3, -0.25) is 4.79 Å². The third-order valence-corrected chi connectivity index (χ3v) is 7.78. The summed E-state index contributed by atoms with van der Waals surface area (Å²) in [5, 5.41) is 112. The fourth-order valence-electron chi connectivity index (χ4n) is 5.41. The Hall–Kier alpha value is -3.55. The van der Waals surface area contributed by atoms with Crippen LogP contribution in [-0.4, -0.2) is 137 Å². The molecule has 16 nitrogen and oxygen atoms in total. The van der Waals surface area contributed by atoms with Crippen molar-refractivity contribution in [2.24, 2.45) is 0 Å². The van der Waals surface area contributed by atoms with Crippen LogP contribution in [0.15, 0.2) is 36.1 Å². The summed E-state index contributed by atoms with van der Waals surface area (Å²) in [6.07, 6.45) is -17.9. The largest absolute Gasteiger partial charge is 0.508 e. The minimum absolute atomic E-state index is 0.0548. The van der Waals surface area contributed by atoms with Crippen molar-refractivity contribution in [3.8, 4) is 23.0 Å². The van der Waals surface area contributed by atoms with Gasteiger partial charge in [0.2, 0.25) is 12.1 Å². The average molecular weight is 625 g/mol. The van der Waals surface area contributed by atoms with Gasteiger partial charge in [0.25, 0.3) is 0 Å². The van der Waals surface area contributed by atoms with Crippen molar-refractivity contribution in [3.63, 3.8) is 0 Å². The first kappa shape index (κ1) is 31.9. The van der Waals surface area contributed by atoms with Gasteiger partial charge in [-0.15, -0.1) is 0 Å². The van der Waals surface area contributed by atoms with Crippen LogP contribution >= 0.6 is 0 Å². The third kappa shape index (κ3) is 5.68. The van der Waals surface area contributed by atoms with Crippen LogP contribution in [0.25, 0.3) is 5.57 Å². The number of phenols is 4. The quantitative estimate of drug-likeness (QED) is 0.140. The first-order chi connectivity index (χ1) is 20.9. The molecule has 10 unspecified atom stereocenters. The van der Waals surface area contributed by atoms with Gasteiger partial charge in [-0.25, -0.2) is 0 Å². The smallest absolute Gasteiger partial charge is 0.232 e. The molecule has 3 aliphatic rings. The van der Waals surface area contributed by atoms with Crippen molar-refractivity contribution >= 4 is 11.4 Å². The molecule has 240 valence electrons. The van der Waals surface area contributed by atoms with Crippen molar-refractivity contribution in [2.45, 2.75) is 67.8 Å². The number of phenolic OH excluding ortho intramolecular Hbond substituents is 4. The van der Waals surface area contributed by atoms with Crippen LogP contribution in [-0.2, 0) is 25.4 Å². The van der Waals surface area contributed by atoms with Crippen molar-refractivity contribution in [3.05, 3.63) is 52.8 Å². The lowest BCUT2D eigenvalue weighted by Crippen LogP contribution is -2.64. The van der Waals surface area contributed by atoms with Gasteiger partial charge in [0.1, 0.15) is 54.2 Å². The highest BCUT2D eigenvalue weighted by Gasteiger charge is 2.52. The van der Waals surface area contributed by atoms with Crippen molar-refractivity contribution in [1.82, 2.24) is 0 Å². The molecule has 0 spiro atoms. The molecule has 2 aromatic carbocycles. The summed E-state index contributed by atoms with van der Waals surface area (Å²) in [5.41, 5.74) is 0.119. The maximum atomic E-state index is 13.8. The number of carbonyl (C=O) groups is 1. The lowest BCUT2D eigenvalue weighted by atomic mass is 9.85. The van der Waals surface area contributed by atoms with E-state index in [-0.39, 0.29) is 34.4 Å². The molecule has 1 aliphatic carbocycles. The highest BCUT2D eigenvalue weighted by atomic mass is 16.8. The Morgan fingerprint density at radius 3 is 2.00 bits per heavy atom. The number of ketones is 1. The fourth-order valence-corrected chi connectivity index (χ4v) is 5.41. The number of aromatic hydroxyl groups is 4. The maximum Gasteiger partial charge on any atom is 0.232 e. The molecule has 0 amide bonds. The fraction of sp³-hybridized carbons (Fsp3) is 0.464. The molecule has 0 saturated carbocycles. The minimum atomic E-state index is -1.93. The number of Topliss-reactive ketones (excluding diaryl/α,β-unsaturated/α-hetero) is 1. The van der Waals surface area contributed by atoms with E-state index in [2.05, 4.69) is 0 Å². The van der Waals surface area contributed by atoms with Gasteiger partial charge in [0, 0.05) is 18.1 Å². The second-order valence-electron chi connectivity index (χ2n) is 10.6. The van der Waals surface area contributed by atoms with Crippen LogP contribution in [0.3, 0.4) is 0 Å². The van der Waals surface area contributed by atoms with E-state index in [1.807, 2.05) is 0 Å². The molecular formula is C28H32O16. The normalized spacial score (nSPS) is 34.1. The Morgan fingerprint density at radius 2 is 1.36 bits per heavy atom. The Balaban J connectivity index is 1.57. The molecule has 5 rings (SSSR count). The Bertz CT molecular complexity index is 1420. The van der Waals surface area contributed by atoms with Crippen LogP contribution < -0.4 is 0 Å². The Labute approximate surface area is 248 Å². The van der Waals surface area contributed by atoms with Crippen LogP contribution in [0.4, 0.5) is 0 Å². The summed E-state index contributed by atoms with van der Waals surface area (Å²) in [5.74, 6) is -3.43. The van der Waals surface area contributed by atoms with Gasteiger partial charge in [-0.2, -0.15) is 0 Å². The van der Waals surface area contributed by atoms with Gasteiger partial charge in [-0.1, -0.05) is 6.07 Å². The number of carbonyl (C=O) groups excluding carboxylic acids is 1. The third-order valence-electron chi connectivity index (χ3n) is 7.78. The molecule has 10 atom stereocenters. The van der Waals surface area contributed by atoms with Crippen molar-refractivity contribution in [2.75, 3.05) is 13.2 Å². The van der Waals surface area contributed by atoms with E-state index in [0.717, 1.165) is 18.2 Å². The predicted molar refractivity (Wildman–Crippen MR) is 142 cm³/mol. The Morgan fingerprint density at radius 1 is 0.727 bits per heavy atom. The second-order valence-corrected chi connectivity index (χ2v) is 10.6. The van der Waals surface area contributed by atoms with Crippen LogP contribution in [0.2, 0.25) is 0 Å². The van der Waals surface area contributed by atoms with E-state index >= 15 is 0 Å². The maximum absolute atomic E-state index is 13.8. The molecule has 2 fully saturated rings. The first-order valence-electron chi connectivity index (χ1n) is 13.5. The number of allylic oxidation sites excluding steroid dienone is 2. The number of aliphatic hydroxyl groups is 7. The number of ether oxygens (including phenoxy) is 4. The van der Waals surface area contributed by atoms with Crippen LogP contribution in [0.1, 0.15) is 21.5 Å². The van der Waals surface area contributed by atoms with Crippen molar-refractivity contribution < 1.29 is 79.9 Å². The van der Waals surface area contributed by atoms with E-state index < -0.39 is 103 Å². The first-order valence-corrected chi connectivity index (χ1v) is 13.5. The topological polar surface area (TPSA) is 277 Å². The zero-order valence-electron chi connectivity index (χ0n) is 22.7. The standard InChI is InChI=1S/C28H32O16/c29-7-16-19(35)22(38)24(40)27(41-16)44-26-23(39)20(36)17(8-30)42-28(26)43-25-12(9-1-2-13(32)14(33)5-9)4-10-3-11(31)6-15(34)18(10)21(25)37/h1-3,5-6,16-17,19-20,22-24,26-36,38-40H,4,7-8H2. The summed E-state index contributed by atoms with van der Waals surface area (Å²) in [6.45, 7) is -1.63. The number of rotatable bonds is 7. The minimum Gasteiger partial charge on any atom is -0.508 e. The molecule has 0 aromatic heterocycles. The van der Waals surface area contributed by atoms with Gasteiger partial charge in [-0.05, 0) is 29.3 Å². The van der Waals surface area contributed by atoms with Crippen LogP contribution in [0.5, 0.6) is 23.0 Å². The second kappa shape index (κ2) is 12.4. The molecule has 11 N–H and O–H groups in total. The monoisotopic (exact) mass is 624 g/mol. The molecule has 2 aliphatic heterocycles. The van der Waals surface area contributed by atoms with E-state index in [0.29, 0.717) is 0 Å². The highest BCUT2D eigenvalue weighted by Crippen LogP contribution is 2.42. The van der Waals surface area contributed by atoms with Crippen LogP contribution in [0, 0.1) is 0 Å². The summed E-state index contributed by atoms with van der Waals surface area (Å²) < 4.78 is 22.6. The number of fused-ring (bicyclic) bond motifs is 1. The number of hydrogen-bond donors (Lipinski definition) is 11. The molecule has 0 bridgehead atoms. The SMILES string of the molecule is O=C1C(OC2OC(CO)C(O)C(O)C2OC2OC(CO)C(O)C(O)C2O)=C(c2ccc(O)c(O)c2)Cc2cc(O)cc(O)c21. The zero-order chi connectivity index (χ0) is 32.0. The zero-order valence-corrected chi connectivity index (χ0v) is 22.7. The number of hydrogen-bond acceptors (Lipinski definition) is 16. The number of benzene rings is 2. The lowest BCUT2D eigenvalue weighted by molar-refractivity contribution is -0.362. The van der Waals surface area contributed by atoms with E-state index in [1.165, 1.54) is 12.1 Å². The highest BCUT2D eigenvalue weighted by molar-refractivity contribution is 6.16. The van der Waals surface area contributed by atoms with Crippen molar-refractivity contribution in [1.29, 1.82) is 0 Å².